The van der Waals surface area contributed by atoms with E-state index in [4.69, 9.17) is 4.74 Å². The molecule has 84 valence electrons. The molecule has 1 unspecified atom stereocenters. The van der Waals surface area contributed by atoms with Crippen LogP contribution in [0.5, 0.6) is 0 Å². The Morgan fingerprint density at radius 3 is 3.20 bits per heavy atom. The van der Waals surface area contributed by atoms with Crippen molar-refractivity contribution in [1.29, 1.82) is 0 Å². The first-order valence-electron chi connectivity index (χ1n) is 5.42. The van der Waals surface area contributed by atoms with Crippen LogP contribution >= 0.6 is 11.3 Å². The summed E-state index contributed by atoms with van der Waals surface area (Å²) < 4.78 is 5.39. The van der Waals surface area contributed by atoms with Gasteiger partial charge >= 0.3 is 0 Å². The smallest absolute Gasteiger partial charge is 0.0632 e. The fourth-order valence-electron chi connectivity index (χ4n) is 1.70. The third-order valence-corrected chi connectivity index (χ3v) is 3.49. The van der Waals surface area contributed by atoms with Gasteiger partial charge in [-0.2, -0.15) is 0 Å². The average molecular weight is 226 g/mol. The van der Waals surface area contributed by atoms with E-state index in [2.05, 4.69) is 29.7 Å². The van der Waals surface area contributed by atoms with Crippen LogP contribution in [0, 0.1) is 6.92 Å². The largest absolute Gasteiger partial charge is 0.378 e. The van der Waals surface area contributed by atoms with Crippen molar-refractivity contribution in [3.63, 3.8) is 0 Å². The van der Waals surface area contributed by atoms with Crippen LogP contribution < -0.4 is 10.6 Å². The van der Waals surface area contributed by atoms with Gasteiger partial charge in [0, 0.05) is 35.4 Å². The Morgan fingerprint density at radius 1 is 1.60 bits per heavy atom. The minimum absolute atomic E-state index is 0.472. The van der Waals surface area contributed by atoms with Crippen LogP contribution in [0.15, 0.2) is 12.1 Å². The molecule has 15 heavy (non-hydrogen) atoms. The van der Waals surface area contributed by atoms with Crippen molar-refractivity contribution in [2.45, 2.75) is 19.5 Å². The second-order valence-corrected chi connectivity index (χ2v) is 5.24. The molecule has 1 aliphatic heterocycles. The highest BCUT2D eigenvalue weighted by Gasteiger charge is 2.11. The van der Waals surface area contributed by atoms with Gasteiger partial charge in [-0.05, 0) is 19.1 Å². The third-order valence-electron chi connectivity index (χ3n) is 2.48. The van der Waals surface area contributed by atoms with E-state index in [1.807, 2.05) is 11.3 Å². The van der Waals surface area contributed by atoms with E-state index >= 15 is 0 Å². The van der Waals surface area contributed by atoms with Gasteiger partial charge in [0.1, 0.15) is 0 Å². The van der Waals surface area contributed by atoms with E-state index in [1.54, 1.807) is 0 Å². The fraction of sp³-hybridized carbons (Fsp3) is 0.636. The highest BCUT2D eigenvalue weighted by molar-refractivity contribution is 7.11. The van der Waals surface area contributed by atoms with Crippen molar-refractivity contribution >= 4 is 11.3 Å². The highest BCUT2D eigenvalue weighted by atomic mass is 32.1. The molecule has 0 aromatic carbocycles. The summed E-state index contributed by atoms with van der Waals surface area (Å²) in [6, 6.07) is 4.83. The number of hydrogen-bond donors (Lipinski definition) is 2. The molecule has 2 N–H and O–H groups in total. The zero-order chi connectivity index (χ0) is 10.5. The van der Waals surface area contributed by atoms with E-state index in [0.29, 0.717) is 6.04 Å². The topological polar surface area (TPSA) is 33.3 Å². The molecule has 0 bridgehead atoms. The van der Waals surface area contributed by atoms with Gasteiger partial charge in [-0.1, -0.05) is 0 Å². The van der Waals surface area contributed by atoms with E-state index < -0.39 is 0 Å². The predicted octanol–water partition coefficient (Wildman–Crippen LogP) is 1.13. The summed E-state index contributed by atoms with van der Waals surface area (Å²) >= 11 is 1.86. The number of nitrogens with one attached hydrogen (secondary N) is 2. The van der Waals surface area contributed by atoms with Crippen molar-refractivity contribution in [2.75, 3.05) is 26.3 Å². The van der Waals surface area contributed by atoms with Gasteiger partial charge in [0.05, 0.1) is 13.2 Å². The van der Waals surface area contributed by atoms with Crippen molar-refractivity contribution in [3.05, 3.63) is 21.9 Å². The summed E-state index contributed by atoms with van der Waals surface area (Å²) in [5, 5.41) is 6.88. The number of hydrogen-bond acceptors (Lipinski definition) is 4. The number of rotatable bonds is 4. The Labute approximate surface area is 94.8 Å². The lowest BCUT2D eigenvalue weighted by Gasteiger charge is -2.23. The van der Waals surface area contributed by atoms with Crippen molar-refractivity contribution in [1.82, 2.24) is 10.6 Å². The van der Waals surface area contributed by atoms with Crippen molar-refractivity contribution in [3.8, 4) is 0 Å². The molecular formula is C11H18N2OS. The lowest BCUT2D eigenvalue weighted by Crippen LogP contribution is -2.47. The maximum Gasteiger partial charge on any atom is 0.0632 e. The lowest BCUT2D eigenvalue weighted by molar-refractivity contribution is 0.0767. The van der Waals surface area contributed by atoms with Gasteiger partial charge in [0.25, 0.3) is 0 Å². The molecule has 0 radical (unpaired) electrons. The zero-order valence-corrected chi connectivity index (χ0v) is 9.90. The third kappa shape index (κ3) is 3.57. The molecule has 1 saturated heterocycles. The molecule has 0 aliphatic carbocycles. The highest BCUT2D eigenvalue weighted by Crippen LogP contribution is 2.14. The molecule has 3 nitrogen and oxygen atoms in total. The van der Waals surface area contributed by atoms with Gasteiger partial charge < -0.3 is 15.4 Å². The number of thiophene rings is 1. The molecule has 1 aromatic rings. The van der Waals surface area contributed by atoms with E-state index in [9.17, 15) is 0 Å². The average Bonchev–Trinajstić information content (AvgIpc) is 2.66. The maximum atomic E-state index is 5.39. The summed E-state index contributed by atoms with van der Waals surface area (Å²) in [7, 11) is 0. The molecule has 0 saturated carbocycles. The molecule has 0 spiro atoms. The maximum absolute atomic E-state index is 5.39. The number of ether oxygens (including phenoxy) is 1. The van der Waals surface area contributed by atoms with Gasteiger partial charge in [-0.3, -0.25) is 0 Å². The molecule has 1 aromatic heterocycles. The molecule has 4 heteroatoms. The van der Waals surface area contributed by atoms with Crippen LogP contribution in [0.1, 0.15) is 9.75 Å². The van der Waals surface area contributed by atoms with E-state index in [0.717, 1.165) is 32.8 Å². The van der Waals surface area contributed by atoms with Gasteiger partial charge in [-0.25, -0.2) is 0 Å². The molecular weight excluding hydrogens is 208 g/mol. The number of aryl methyl sites for hydroxylation is 1. The van der Waals surface area contributed by atoms with Gasteiger partial charge in [0.2, 0.25) is 0 Å². The summed E-state index contributed by atoms with van der Waals surface area (Å²) in [6.07, 6.45) is 0. The van der Waals surface area contributed by atoms with Crippen LogP contribution in [-0.2, 0) is 11.3 Å². The molecule has 0 amide bonds. The van der Waals surface area contributed by atoms with Crippen LogP contribution in [0.25, 0.3) is 0 Å². The van der Waals surface area contributed by atoms with Gasteiger partial charge in [-0.15, -0.1) is 11.3 Å². The van der Waals surface area contributed by atoms with Gasteiger partial charge in [0.15, 0.2) is 0 Å². The first-order valence-corrected chi connectivity index (χ1v) is 6.23. The van der Waals surface area contributed by atoms with E-state index in [-0.39, 0.29) is 0 Å². The Balaban J connectivity index is 1.65. The van der Waals surface area contributed by atoms with Crippen LogP contribution in [0.3, 0.4) is 0 Å². The minimum Gasteiger partial charge on any atom is -0.378 e. The normalized spacial score (nSPS) is 21.8. The first-order chi connectivity index (χ1) is 7.34. The Morgan fingerprint density at radius 2 is 2.53 bits per heavy atom. The van der Waals surface area contributed by atoms with Crippen molar-refractivity contribution in [2.24, 2.45) is 0 Å². The summed E-state index contributed by atoms with van der Waals surface area (Å²) in [5.41, 5.74) is 0. The molecule has 2 heterocycles. The van der Waals surface area contributed by atoms with Crippen LogP contribution in [-0.4, -0.2) is 32.3 Å². The Kier molecular flexibility index (Phi) is 4.14. The monoisotopic (exact) mass is 226 g/mol. The first kappa shape index (κ1) is 11.1. The second kappa shape index (κ2) is 5.61. The summed E-state index contributed by atoms with van der Waals surface area (Å²) in [4.78, 5) is 2.79. The number of morpholine rings is 1. The van der Waals surface area contributed by atoms with Crippen molar-refractivity contribution < 1.29 is 4.74 Å². The summed E-state index contributed by atoms with van der Waals surface area (Å²) in [5.74, 6) is 0. The van der Waals surface area contributed by atoms with Crippen LogP contribution in [0.2, 0.25) is 0 Å². The minimum atomic E-state index is 0.472. The standard InChI is InChI=1S/C11H18N2OS/c1-9-2-3-11(15-9)7-12-6-10-8-14-5-4-13-10/h2-3,10,12-13H,4-8H2,1H3. The molecule has 1 aliphatic rings. The molecule has 1 fully saturated rings. The second-order valence-electron chi connectivity index (χ2n) is 3.87. The summed E-state index contributed by atoms with van der Waals surface area (Å²) in [6.45, 7) is 6.75. The molecule has 2 rings (SSSR count). The zero-order valence-electron chi connectivity index (χ0n) is 9.08. The fourth-order valence-corrected chi connectivity index (χ4v) is 2.56. The quantitative estimate of drug-likeness (QED) is 0.807. The molecule has 1 atom stereocenters. The SMILES string of the molecule is Cc1ccc(CNCC2COCCN2)s1. The Hall–Kier alpha value is -0.420. The Bertz CT molecular complexity index is 295. The predicted molar refractivity (Wildman–Crippen MR) is 63.4 cm³/mol. The van der Waals surface area contributed by atoms with Crippen LogP contribution in [0.4, 0.5) is 0 Å². The lowest BCUT2D eigenvalue weighted by atomic mass is 10.3. The van der Waals surface area contributed by atoms with E-state index in [1.165, 1.54) is 9.75 Å².